The summed E-state index contributed by atoms with van der Waals surface area (Å²) in [5.41, 5.74) is 4.52. The van der Waals surface area contributed by atoms with Gasteiger partial charge in [-0.05, 0) is 56.7 Å². The fraction of sp³-hybridized carbons (Fsp3) is 0.391. The largest absolute Gasteiger partial charge is 0.377 e. The molecule has 0 heterocycles. The number of anilines is 2. The summed E-state index contributed by atoms with van der Waals surface area (Å²) in [6.45, 7) is 8.32. The van der Waals surface area contributed by atoms with Crippen LogP contribution in [0.3, 0.4) is 0 Å². The lowest BCUT2D eigenvalue weighted by Crippen LogP contribution is -2.36. The maximum atomic E-state index is 13.2. The third-order valence-corrected chi connectivity index (χ3v) is 4.66. The van der Waals surface area contributed by atoms with Crippen LogP contribution in [0.2, 0.25) is 0 Å². The third kappa shape index (κ3) is 5.35. The van der Waals surface area contributed by atoms with E-state index < -0.39 is 0 Å². The monoisotopic (exact) mass is 381 g/mol. The van der Waals surface area contributed by atoms with Gasteiger partial charge in [0.15, 0.2) is 0 Å². The Morgan fingerprint density at radius 1 is 1.07 bits per heavy atom. The molecule has 0 aromatic heterocycles. The molecule has 0 aliphatic rings. The zero-order chi connectivity index (χ0) is 20.8. The first-order valence-corrected chi connectivity index (χ1v) is 9.70. The van der Waals surface area contributed by atoms with Crippen molar-refractivity contribution in [1.82, 2.24) is 4.90 Å². The molecule has 0 radical (unpaired) electrons. The summed E-state index contributed by atoms with van der Waals surface area (Å²) in [6.07, 6.45) is 0.425. The molecule has 0 spiro atoms. The molecule has 0 aliphatic carbocycles. The maximum Gasteiger partial charge on any atom is 0.254 e. The molecule has 2 aromatic rings. The minimum Gasteiger partial charge on any atom is -0.377 e. The van der Waals surface area contributed by atoms with Crippen LogP contribution in [-0.4, -0.2) is 36.9 Å². The number of hydrogen-bond donors (Lipinski definition) is 1. The predicted molar refractivity (Wildman–Crippen MR) is 116 cm³/mol. The minimum atomic E-state index is -0.0277. The van der Waals surface area contributed by atoms with Crippen LogP contribution < -0.4 is 10.2 Å². The molecule has 0 fully saturated rings. The molecular formula is C23H31N3O2. The van der Waals surface area contributed by atoms with Crippen molar-refractivity contribution in [3.8, 4) is 0 Å². The van der Waals surface area contributed by atoms with Crippen molar-refractivity contribution in [2.45, 2.75) is 46.7 Å². The summed E-state index contributed by atoms with van der Waals surface area (Å²) in [7, 11) is 3.95. The van der Waals surface area contributed by atoms with E-state index in [1.165, 1.54) is 0 Å². The number of aryl methyl sites for hydroxylation is 1. The lowest BCUT2D eigenvalue weighted by molar-refractivity contribution is -0.115. The normalized spacial score (nSPS) is 10.7. The number of rotatable bonds is 7. The van der Waals surface area contributed by atoms with E-state index >= 15 is 0 Å². The van der Waals surface area contributed by atoms with Crippen LogP contribution >= 0.6 is 0 Å². The maximum absolute atomic E-state index is 13.2. The van der Waals surface area contributed by atoms with Gasteiger partial charge in [0.05, 0.1) is 0 Å². The molecule has 2 amide bonds. The molecular weight excluding hydrogens is 350 g/mol. The van der Waals surface area contributed by atoms with Gasteiger partial charge in [-0.1, -0.05) is 24.6 Å². The van der Waals surface area contributed by atoms with Gasteiger partial charge in [-0.15, -0.1) is 0 Å². The number of amides is 2. The van der Waals surface area contributed by atoms with Crippen molar-refractivity contribution in [2.24, 2.45) is 0 Å². The number of benzene rings is 2. The van der Waals surface area contributed by atoms with Gasteiger partial charge in [-0.3, -0.25) is 9.59 Å². The number of carbonyl (C=O) groups is 2. The zero-order valence-corrected chi connectivity index (χ0v) is 17.7. The van der Waals surface area contributed by atoms with Crippen LogP contribution in [0.4, 0.5) is 11.4 Å². The van der Waals surface area contributed by atoms with Crippen molar-refractivity contribution in [2.75, 3.05) is 24.3 Å². The lowest BCUT2D eigenvalue weighted by atomic mass is 10.1. The van der Waals surface area contributed by atoms with Crippen LogP contribution in [0.5, 0.6) is 0 Å². The van der Waals surface area contributed by atoms with Crippen LogP contribution in [0, 0.1) is 6.92 Å². The quantitative estimate of drug-likeness (QED) is 0.770. The second-order valence-corrected chi connectivity index (χ2v) is 7.54. The number of hydrogen-bond acceptors (Lipinski definition) is 3. The minimum absolute atomic E-state index is 0.00593. The average molecular weight is 382 g/mol. The van der Waals surface area contributed by atoms with Gasteiger partial charge < -0.3 is 15.1 Å². The molecule has 2 rings (SSSR count). The van der Waals surface area contributed by atoms with Crippen molar-refractivity contribution >= 4 is 23.2 Å². The van der Waals surface area contributed by atoms with E-state index in [-0.39, 0.29) is 17.9 Å². The highest BCUT2D eigenvalue weighted by molar-refractivity contribution is 5.95. The molecule has 0 saturated heterocycles. The lowest BCUT2D eigenvalue weighted by Gasteiger charge is -2.29. The Kier molecular flexibility index (Phi) is 7.21. The van der Waals surface area contributed by atoms with E-state index in [1.54, 1.807) is 0 Å². The van der Waals surface area contributed by atoms with Gasteiger partial charge in [0, 0.05) is 50.0 Å². The Morgan fingerprint density at radius 3 is 2.36 bits per heavy atom. The molecule has 28 heavy (non-hydrogen) atoms. The Morgan fingerprint density at radius 2 is 1.79 bits per heavy atom. The Hall–Kier alpha value is -2.82. The van der Waals surface area contributed by atoms with Crippen LogP contribution in [0.1, 0.15) is 48.7 Å². The third-order valence-electron chi connectivity index (χ3n) is 4.66. The molecule has 5 heteroatoms. The molecule has 2 aromatic carbocycles. The van der Waals surface area contributed by atoms with Crippen LogP contribution in [0.15, 0.2) is 42.5 Å². The summed E-state index contributed by atoms with van der Waals surface area (Å²) in [5.74, 6) is -0.0218. The van der Waals surface area contributed by atoms with Crippen molar-refractivity contribution in [3.05, 3.63) is 59.2 Å². The first-order valence-electron chi connectivity index (χ1n) is 9.70. The highest BCUT2D eigenvalue weighted by atomic mass is 16.2. The zero-order valence-electron chi connectivity index (χ0n) is 17.7. The van der Waals surface area contributed by atoms with E-state index in [1.807, 2.05) is 94.1 Å². The number of nitrogens with one attached hydrogen (secondary N) is 1. The summed E-state index contributed by atoms with van der Waals surface area (Å²) in [4.78, 5) is 28.8. The SMILES string of the molecule is CCC(=O)Nc1ccc(N(C)C)c(CN(C(=O)c2cccc(C)c2)C(C)C)c1. The molecule has 0 saturated carbocycles. The predicted octanol–water partition coefficient (Wildman–Crippen LogP) is 4.46. The fourth-order valence-electron chi connectivity index (χ4n) is 3.09. The molecule has 5 nitrogen and oxygen atoms in total. The fourth-order valence-corrected chi connectivity index (χ4v) is 3.09. The van der Waals surface area contributed by atoms with Gasteiger partial charge in [-0.25, -0.2) is 0 Å². The highest BCUT2D eigenvalue weighted by Gasteiger charge is 2.21. The van der Waals surface area contributed by atoms with Crippen molar-refractivity contribution in [3.63, 3.8) is 0 Å². The first kappa shape index (κ1) is 21.5. The topological polar surface area (TPSA) is 52.7 Å². The molecule has 0 bridgehead atoms. The molecule has 0 unspecified atom stereocenters. The molecule has 150 valence electrons. The summed E-state index contributed by atoms with van der Waals surface area (Å²) in [5, 5.41) is 2.91. The summed E-state index contributed by atoms with van der Waals surface area (Å²) in [6, 6.07) is 13.6. The first-order chi connectivity index (χ1) is 13.2. The van der Waals surface area contributed by atoms with Gasteiger partial charge >= 0.3 is 0 Å². The highest BCUT2D eigenvalue weighted by Crippen LogP contribution is 2.26. The van der Waals surface area contributed by atoms with Crippen LogP contribution in [0.25, 0.3) is 0 Å². The second kappa shape index (κ2) is 9.40. The second-order valence-electron chi connectivity index (χ2n) is 7.54. The van der Waals surface area contributed by atoms with E-state index in [2.05, 4.69) is 5.32 Å². The Bertz CT molecular complexity index is 843. The van der Waals surface area contributed by atoms with Gasteiger partial charge in [0.1, 0.15) is 0 Å². The summed E-state index contributed by atoms with van der Waals surface area (Å²) < 4.78 is 0. The van der Waals surface area contributed by atoms with E-state index in [0.717, 1.165) is 22.5 Å². The number of nitrogens with zero attached hydrogens (tertiary/aromatic N) is 2. The smallest absolute Gasteiger partial charge is 0.254 e. The standard InChI is InChI=1S/C23H31N3O2/c1-7-22(27)24-20-11-12-21(25(5)6)19(14-20)15-26(16(2)3)23(28)18-10-8-9-17(4)13-18/h8-14,16H,7,15H2,1-6H3,(H,24,27). The van der Waals surface area contributed by atoms with Crippen LogP contribution in [-0.2, 0) is 11.3 Å². The van der Waals surface area contributed by atoms with Gasteiger partial charge in [0.25, 0.3) is 5.91 Å². The Labute approximate surface area is 168 Å². The average Bonchev–Trinajstić information content (AvgIpc) is 2.65. The Balaban J connectivity index is 2.38. The van der Waals surface area contributed by atoms with Crippen molar-refractivity contribution in [1.29, 1.82) is 0 Å². The molecule has 0 aliphatic heterocycles. The van der Waals surface area contributed by atoms with E-state index in [0.29, 0.717) is 18.5 Å². The molecule has 0 atom stereocenters. The van der Waals surface area contributed by atoms with E-state index in [4.69, 9.17) is 0 Å². The van der Waals surface area contributed by atoms with Gasteiger partial charge in [0.2, 0.25) is 5.91 Å². The van der Waals surface area contributed by atoms with Gasteiger partial charge in [-0.2, -0.15) is 0 Å². The van der Waals surface area contributed by atoms with E-state index in [9.17, 15) is 9.59 Å². The molecule has 1 N–H and O–H groups in total. The van der Waals surface area contributed by atoms with Crippen molar-refractivity contribution < 1.29 is 9.59 Å². The number of carbonyl (C=O) groups excluding carboxylic acids is 2. The summed E-state index contributed by atoms with van der Waals surface area (Å²) >= 11 is 0.